The Morgan fingerprint density at radius 3 is 2.58 bits per heavy atom. The van der Waals surface area contributed by atoms with Crippen LogP contribution in [0.3, 0.4) is 0 Å². The summed E-state index contributed by atoms with van der Waals surface area (Å²) in [4.78, 5) is 10.9. The summed E-state index contributed by atoms with van der Waals surface area (Å²) in [7, 11) is 0. The summed E-state index contributed by atoms with van der Waals surface area (Å²) in [6.45, 7) is 0.493. The van der Waals surface area contributed by atoms with Crippen molar-refractivity contribution in [2.45, 2.75) is 6.42 Å². The minimum Gasteiger partial charge on any atom is -0.493 e. The molecule has 0 spiro atoms. The maximum atomic E-state index is 10.9. The van der Waals surface area contributed by atoms with E-state index in [0.717, 1.165) is 6.42 Å². The van der Waals surface area contributed by atoms with Crippen molar-refractivity contribution in [3.63, 3.8) is 0 Å². The van der Waals surface area contributed by atoms with Crippen LogP contribution in [-0.4, -0.2) is 17.7 Å². The van der Waals surface area contributed by atoms with E-state index in [4.69, 9.17) is 15.6 Å². The second-order valence-electron chi connectivity index (χ2n) is 4.14. The Bertz CT molecular complexity index is 567. The van der Waals surface area contributed by atoms with Crippen molar-refractivity contribution in [1.82, 2.24) is 0 Å². The Morgan fingerprint density at radius 2 is 1.89 bits per heavy atom. The van der Waals surface area contributed by atoms with E-state index in [1.807, 2.05) is 30.3 Å². The molecular formula is C15H15NO3. The number of nitrogens with two attached hydrogens (primary N) is 1. The molecule has 0 saturated carbocycles. The van der Waals surface area contributed by atoms with Crippen molar-refractivity contribution in [3.05, 3.63) is 59.7 Å². The fraction of sp³-hybridized carbons (Fsp3) is 0.133. The Kier molecular flexibility index (Phi) is 4.03. The molecule has 0 aliphatic rings. The Balaban J connectivity index is 1.97. The zero-order valence-corrected chi connectivity index (χ0v) is 10.4. The van der Waals surface area contributed by atoms with Gasteiger partial charge in [0.25, 0.3) is 0 Å². The van der Waals surface area contributed by atoms with Crippen LogP contribution >= 0.6 is 0 Å². The summed E-state index contributed by atoms with van der Waals surface area (Å²) < 4.78 is 5.54. The molecule has 0 aliphatic carbocycles. The fourth-order valence-corrected chi connectivity index (χ4v) is 1.74. The van der Waals surface area contributed by atoms with Gasteiger partial charge < -0.3 is 15.6 Å². The van der Waals surface area contributed by atoms with Gasteiger partial charge in [-0.05, 0) is 23.8 Å². The minimum absolute atomic E-state index is 0.0669. The molecule has 2 rings (SSSR count). The predicted octanol–water partition coefficient (Wildman–Crippen LogP) is 2.59. The third kappa shape index (κ3) is 3.48. The van der Waals surface area contributed by atoms with Crippen LogP contribution in [0.4, 0.5) is 5.69 Å². The van der Waals surface area contributed by atoms with Crippen LogP contribution in [0.5, 0.6) is 5.75 Å². The van der Waals surface area contributed by atoms with Gasteiger partial charge in [0, 0.05) is 12.1 Å². The van der Waals surface area contributed by atoms with Gasteiger partial charge in [-0.15, -0.1) is 0 Å². The average Bonchev–Trinajstić information content (AvgIpc) is 2.41. The lowest BCUT2D eigenvalue weighted by Gasteiger charge is -2.08. The molecule has 0 atom stereocenters. The predicted molar refractivity (Wildman–Crippen MR) is 73.5 cm³/mol. The number of carbonyl (C=O) groups is 1. The molecule has 0 unspecified atom stereocenters. The highest BCUT2D eigenvalue weighted by Gasteiger charge is 2.09. The fourth-order valence-electron chi connectivity index (χ4n) is 1.74. The minimum atomic E-state index is -1.05. The molecule has 0 aliphatic heterocycles. The highest BCUT2D eigenvalue weighted by Crippen LogP contribution is 2.19. The van der Waals surface area contributed by atoms with E-state index in [-0.39, 0.29) is 11.3 Å². The molecule has 0 saturated heterocycles. The van der Waals surface area contributed by atoms with Gasteiger partial charge in [-0.25, -0.2) is 4.79 Å². The first-order chi connectivity index (χ1) is 9.16. The molecule has 0 amide bonds. The molecule has 0 heterocycles. The second kappa shape index (κ2) is 5.91. The molecule has 4 heteroatoms. The van der Waals surface area contributed by atoms with Crippen LogP contribution in [0.15, 0.2) is 48.5 Å². The quantitative estimate of drug-likeness (QED) is 0.807. The van der Waals surface area contributed by atoms with Crippen LogP contribution in [-0.2, 0) is 6.42 Å². The molecule has 4 nitrogen and oxygen atoms in total. The number of anilines is 1. The van der Waals surface area contributed by atoms with Crippen molar-refractivity contribution in [2.75, 3.05) is 12.3 Å². The monoisotopic (exact) mass is 257 g/mol. The number of hydrogen-bond donors (Lipinski definition) is 2. The molecule has 3 N–H and O–H groups in total. The van der Waals surface area contributed by atoms with Crippen molar-refractivity contribution in [1.29, 1.82) is 0 Å². The number of hydrogen-bond acceptors (Lipinski definition) is 3. The Morgan fingerprint density at radius 1 is 1.16 bits per heavy atom. The second-order valence-corrected chi connectivity index (χ2v) is 4.14. The maximum Gasteiger partial charge on any atom is 0.337 e. The summed E-state index contributed by atoms with van der Waals surface area (Å²) in [5, 5.41) is 8.96. The zero-order valence-electron chi connectivity index (χ0n) is 10.4. The number of aromatic carboxylic acids is 1. The average molecular weight is 257 g/mol. The summed E-state index contributed by atoms with van der Waals surface area (Å²) in [5.41, 5.74) is 7.06. The van der Waals surface area contributed by atoms with Crippen LogP contribution in [0.1, 0.15) is 15.9 Å². The first-order valence-electron chi connectivity index (χ1n) is 5.96. The first-order valence-corrected chi connectivity index (χ1v) is 5.96. The van der Waals surface area contributed by atoms with Gasteiger partial charge in [-0.2, -0.15) is 0 Å². The molecular weight excluding hydrogens is 242 g/mol. The first kappa shape index (κ1) is 13.0. The molecule has 0 radical (unpaired) electrons. The number of benzene rings is 2. The molecule has 19 heavy (non-hydrogen) atoms. The van der Waals surface area contributed by atoms with E-state index in [2.05, 4.69) is 0 Å². The summed E-state index contributed by atoms with van der Waals surface area (Å²) >= 11 is 0. The topological polar surface area (TPSA) is 72.5 Å². The highest BCUT2D eigenvalue weighted by atomic mass is 16.5. The Labute approximate surface area is 111 Å². The number of rotatable bonds is 5. The normalized spacial score (nSPS) is 10.1. The van der Waals surface area contributed by atoms with Gasteiger partial charge in [0.15, 0.2) is 0 Å². The third-order valence-corrected chi connectivity index (χ3v) is 2.76. The van der Waals surface area contributed by atoms with Crippen LogP contribution in [0.2, 0.25) is 0 Å². The number of carboxylic acid groups (broad SMARTS) is 1. The third-order valence-electron chi connectivity index (χ3n) is 2.76. The smallest absolute Gasteiger partial charge is 0.337 e. The number of nitrogen functional groups attached to an aromatic ring is 1. The SMILES string of the molecule is Nc1ccc(OCCc2ccccc2)cc1C(=O)O. The van der Waals surface area contributed by atoms with E-state index in [1.165, 1.54) is 11.6 Å². The van der Waals surface area contributed by atoms with Crippen molar-refractivity contribution in [2.24, 2.45) is 0 Å². The van der Waals surface area contributed by atoms with E-state index in [1.54, 1.807) is 12.1 Å². The number of carboxylic acids is 1. The van der Waals surface area contributed by atoms with Gasteiger partial charge in [0.05, 0.1) is 12.2 Å². The molecule has 0 bridgehead atoms. The van der Waals surface area contributed by atoms with Gasteiger partial charge >= 0.3 is 5.97 Å². The molecule has 2 aromatic carbocycles. The maximum absolute atomic E-state index is 10.9. The van der Waals surface area contributed by atoms with Crippen LogP contribution in [0, 0.1) is 0 Å². The van der Waals surface area contributed by atoms with Gasteiger partial charge in [0.2, 0.25) is 0 Å². The highest BCUT2D eigenvalue weighted by molar-refractivity contribution is 5.94. The lowest BCUT2D eigenvalue weighted by molar-refractivity contribution is 0.0697. The van der Waals surface area contributed by atoms with Crippen molar-refractivity contribution in [3.8, 4) is 5.75 Å². The van der Waals surface area contributed by atoms with E-state index < -0.39 is 5.97 Å². The largest absolute Gasteiger partial charge is 0.493 e. The van der Waals surface area contributed by atoms with Gasteiger partial charge in [0.1, 0.15) is 5.75 Å². The zero-order chi connectivity index (χ0) is 13.7. The lowest BCUT2D eigenvalue weighted by Crippen LogP contribution is -2.05. The van der Waals surface area contributed by atoms with E-state index >= 15 is 0 Å². The van der Waals surface area contributed by atoms with Crippen molar-refractivity contribution < 1.29 is 14.6 Å². The van der Waals surface area contributed by atoms with E-state index in [9.17, 15) is 4.79 Å². The van der Waals surface area contributed by atoms with Crippen molar-refractivity contribution >= 4 is 11.7 Å². The Hall–Kier alpha value is -2.49. The molecule has 2 aromatic rings. The summed E-state index contributed by atoms with van der Waals surface area (Å²) in [6, 6.07) is 14.6. The van der Waals surface area contributed by atoms with E-state index in [0.29, 0.717) is 12.4 Å². The summed E-state index contributed by atoms with van der Waals surface area (Å²) in [6.07, 6.45) is 0.771. The van der Waals surface area contributed by atoms with Gasteiger partial charge in [-0.1, -0.05) is 30.3 Å². The summed E-state index contributed by atoms with van der Waals surface area (Å²) in [5.74, 6) is -0.534. The number of ether oxygens (including phenoxy) is 1. The molecule has 0 aromatic heterocycles. The van der Waals surface area contributed by atoms with Crippen LogP contribution < -0.4 is 10.5 Å². The molecule has 0 fully saturated rings. The standard InChI is InChI=1S/C15H15NO3/c16-14-7-6-12(10-13(14)15(17)18)19-9-8-11-4-2-1-3-5-11/h1-7,10H,8-9,16H2,(H,17,18). The molecule has 98 valence electrons. The lowest BCUT2D eigenvalue weighted by atomic mass is 10.1. The van der Waals surface area contributed by atoms with Crippen LogP contribution in [0.25, 0.3) is 0 Å². The van der Waals surface area contributed by atoms with Gasteiger partial charge in [-0.3, -0.25) is 0 Å².